The van der Waals surface area contributed by atoms with Crippen molar-refractivity contribution in [3.63, 3.8) is 0 Å². The van der Waals surface area contributed by atoms with Crippen molar-refractivity contribution >= 4 is 0 Å². The summed E-state index contributed by atoms with van der Waals surface area (Å²) in [5.74, 6) is 1.19. The number of methoxy groups -OCH3 is 1. The lowest BCUT2D eigenvalue weighted by Gasteiger charge is -2.44. The summed E-state index contributed by atoms with van der Waals surface area (Å²) >= 11 is 0. The van der Waals surface area contributed by atoms with Crippen LogP contribution in [-0.4, -0.2) is 23.9 Å². The molecule has 0 aromatic heterocycles. The second-order valence-corrected chi connectivity index (χ2v) is 5.96. The first-order valence-electron chi connectivity index (χ1n) is 6.91. The molecule has 0 amide bonds. The summed E-state index contributed by atoms with van der Waals surface area (Å²) in [4.78, 5) is 0. The van der Waals surface area contributed by atoms with E-state index in [9.17, 15) is 5.11 Å². The molecule has 2 nitrogen and oxygen atoms in total. The van der Waals surface area contributed by atoms with Gasteiger partial charge in [-0.1, -0.05) is 32.6 Å². The van der Waals surface area contributed by atoms with Crippen LogP contribution in [0.4, 0.5) is 0 Å². The van der Waals surface area contributed by atoms with E-state index in [1.807, 2.05) is 0 Å². The molecule has 0 saturated heterocycles. The molecular weight excluding hydrogens is 200 g/mol. The molecular formula is C14H26O2. The van der Waals surface area contributed by atoms with Crippen LogP contribution in [0.25, 0.3) is 0 Å². The highest BCUT2D eigenvalue weighted by Crippen LogP contribution is 2.42. The van der Waals surface area contributed by atoms with Gasteiger partial charge in [0.05, 0.1) is 11.7 Å². The molecule has 2 aliphatic rings. The molecule has 0 spiro atoms. The van der Waals surface area contributed by atoms with E-state index in [-0.39, 0.29) is 11.7 Å². The Hall–Kier alpha value is -0.0800. The van der Waals surface area contributed by atoms with E-state index in [1.165, 1.54) is 38.5 Å². The number of ether oxygens (including phenoxy) is 1. The highest BCUT2D eigenvalue weighted by molar-refractivity contribution is 4.96. The summed E-state index contributed by atoms with van der Waals surface area (Å²) in [7, 11) is 1.79. The molecule has 3 unspecified atom stereocenters. The molecule has 2 saturated carbocycles. The standard InChI is InChI=1S/C14H26O2/c1-11-6-5-9-14(10-11,16-2)13(15)12-7-3-4-8-12/h11-13,15H,3-10H2,1-2H3. The highest BCUT2D eigenvalue weighted by Gasteiger charge is 2.45. The van der Waals surface area contributed by atoms with Crippen LogP contribution < -0.4 is 0 Å². The molecule has 0 aliphatic heterocycles. The minimum absolute atomic E-state index is 0.229. The smallest absolute Gasteiger partial charge is 0.0941 e. The van der Waals surface area contributed by atoms with Crippen molar-refractivity contribution in [3.05, 3.63) is 0 Å². The lowest BCUT2D eigenvalue weighted by atomic mass is 9.72. The topological polar surface area (TPSA) is 29.5 Å². The molecule has 94 valence electrons. The van der Waals surface area contributed by atoms with Gasteiger partial charge in [-0.05, 0) is 37.5 Å². The van der Waals surface area contributed by atoms with Crippen molar-refractivity contribution in [2.75, 3.05) is 7.11 Å². The molecule has 0 radical (unpaired) electrons. The molecule has 0 aromatic rings. The third-order valence-corrected chi connectivity index (χ3v) is 4.78. The Morgan fingerprint density at radius 2 is 1.88 bits per heavy atom. The van der Waals surface area contributed by atoms with Gasteiger partial charge in [-0.2, -0.15) is 0 Å². The van der Waals surface area contributed by atoms with Crippen LogP contribution in [0.3, 0.4) is 0 Å². The van der Waals surface area contributed by atoms with Gasteiger partial charge < -0.3 is 9.84 Å². The molecule has 16 heavy (non-hydrogen) atoms. The number of aliphatic hydroxyl groups excluding tert-OH is 1. The van der Waals surface area contributed by atoms with Crippen molar-refractivity contribution in [3.8, 4) is 0 Å². The lowest BCUT2D eigenvalue weighted by molar-refractivity contribution is -0.149. The van der Waals surface area contributed by atoms with E-state index in [4.69, 9.17) is 4.74 Å². The average Bonchev–Trinajstić information content (AvgIpc) is 2.81. The van der Waals surface area contributed by atoms with E-state index in [1.54, 1.807) is 7.11 Å². The molecule has 2 aliphatic carbocycles. The van der Waals surface area contributed by atoms with Gasteiger partial charge >= 0.3 is 0 Å². The third kappa shape index (κ3) is 2.28. The van der Waals surface area contributed by atoms with Gasteiger partial charge in [0.1, 0.15) is 0 Å². The molecule has 0 heterocycles. The summed E-state index contributed by atoms with van der Waals surface area (Å²) in [6, 6.07) is 0. The van der Waals surface area contributed by atoms with Crippen molar-refractivity contribution in [1.82, 2.24) is 0 Å². The normalized spacial score (nSPS) is 38.8. The number of hydrogen-bond donors (Lipinski definition) is 1. The quantitative estimate of drug-likeness (QED) is 0.801. The Kier molecular flexibility index (Phi) is 3.91. The zero-order chi connectivity index (χ0) is 11.6. The van der Waals surface area contributed by atoms with Crippen molar-refractivity contribution in [2.45, 2.75) is 70.0 Å². The van der Waals surface area contributed by atoms with E-state index in [0.29, 0.717) is 11.8 Å². The molecule has 2 rings (SSSR count). The van der Waals surface area contributed by atoms with Crippen LogP contribution in [-0.2, 0) is 4.74 Å². The predicted octanol–water partition coefficient (Wildman–Crippen LogP) is 3.13. The fraction of sp³-hybridized carbons (Fsp3) is 1.00. The SMILES string of the molecule is COC1(C(O)C2CCCC2)CCCC(C)C1. The Morgan fingerprint density at radius 3 is 2.44 bits per heavy atom. The van der Waals surface area contributed by atoms with Gasteiger partial charge in [0.25, 0.3) is 0 Å². The lowest BCUT2D eigenvalue weighted by Crippen LogP contribution is -2.50. The largest absolute Gasteiger partial charge is 0.390 e. The highest BCUT2D eigenvalue weighted by atomic mass is 16.5. The summed E-state index contributed by atoms with van der Waals surface area (Å²) in [6.07, 6.45) is 9.33. The molecule has 2 heteroatoms. The fourth-order valence-electron chi connectivity index (χ4n) is 3.82. The summed E-state index contributed by atoms with van der Waals surface area (Å²) in [6.45, 7) is 2.29. The van der Waals surface area contributed by atoms with E-state index >= 15 is 0 Å². The maximum Gasteiger partial charge on any atom is 0.0941 e. The average molecular weight is 226 g/mol. The van der Waals surface area contributed by atoms with Gasteiger partial charge in [0.15, 0.2) is 0 Å². The number of aliphatic hydroxyl groups is 1. The van der Waals surface area contributed by atoms with Crippen LogP contribution in [0.5, 0.6) is 0 Å². The first-order valence-corrected chi connectivity index (χ1v) is 6.91. The van der Waals surface area contributed by atoms with Crippen LogP contribution in [0.1, 0.15) is 58.3 Å². The maximum absolute atomic E-state index is 10.6. The van der Waals surface area contributed by atoms with Crippen LogP contribution in [0.2, 0.25) is 0 Å². The molecule has 0 bridgehead atoms. The Bertz CT molecular complexity index is 223. The van der Waals surface area contributed by atoms with Gasteiger partial charge in [0.2, 0.25) is 0 Å². The van der Waals surface area contributed by atoms with Gasteiger partial charge in [-0.3, -0.25) is 0 Å². The fourth-order valence-corrected chi connectivity index (χ4v) is 3.82. The summed E-state index contributed by atoms with van der Waals surface area (Å²) in [5.41, 5.74) is -0.229. The Balaban J connectivity index is 2.06. The molecule has 0 aromatic carbocycles. The Morgan fingerprint density at radius 1 is 1.19 bits per heavy atom. The minimum atomic E-state index is -0.234. The third-order valence-electron chi connectivity index (χ3n) is 4.78. The van der Waals surface area contributed by atoms with E-state index < -0.39 is 0 Å². The van der Waals surface area contributed by atoms with Crippen molar-refractivity contribution < 1.29 is 9.84 Å². The van der Waals surface area contributed by atoms with Crippen LogP contribution in [0.15, 0.2) is 0 Å². The monoisotopic (exact) mass is 226 g/mol. The van der Waals surface area contributed by atoms with E-state index in [0.717, 1.165) is 12.8 Å². The van der Waals surface area contributed by atoms with Gasteiger partial charge in [0, 0.05) is 7.11 Å². The maximum atomic E-state index is 10.6. The predicted molar refractivity (Wildman–Crippen MR) is 65.3 cm³/mol. The summed E-state index contributed by atoms with van der Waals surface area (Å²) in [5, 5.41) is 10.6. The number of hydrogen-bond acceptors (Lipinski definition) is 2. The zero-order valence-electron chi connectivity index (χ0n) is 10.7. The first-order chi connectivity index (χ1) is 7.68. The second kappa shape index (κ2) is 5.05. The second-order valence-electron chi connectivity index (χ2n) is 5.96. The van der Waals surface area contributed by atoms with Crippen LogP contribution >= 0.6 is 0 Å². The molecule has 3 atom stereocenters. The molecule has 1 N–H and O–H groups in total. The van der Waals surface area contributed by atoms with Gasteiger partial charge in [-0.25, -0.2) is 0 Å². The van der Waals surface area contributed by atoms with Gasteiger partial charge in [-0.15, -0.1) is 0 Å². The minimum Gasteiger partial charge on any atom is -0.390 e. The zero-order valence-corrected chi connectivity index (χ0v) is 10.7. The summed E-state index contributed by atoms with van der Waals surface area (Å²) < 4.78 is 5.77. The van der Waals surface area contributed by atoms with E-state index in [2.05, 4.69) is 6.92 Å². The first kappa shape index (κ1) is 12.4. The Labute approximate surface area is 99.4 Å². The molecule has 2 fully saturated rings. The van der Waals surface area contributed by atoms with Crippen LogP contribution in [0, 0.1) is 11.8 Å². The van der Waals surface area contributed by atoms with Crippen molar-refractivity contribution in [2.24, 2.45) is 11.8 Å². The van der Waals surface area contributed by atoms with Crippen molar-refractivity contribution in [1.29, 1.82) is 0 Å². The number of rotatable bonds is 3.